The molecular weight excluding hydrogens is 246 g/mol. The van der Waals surface area contributed by atoms with Gasteiger partial charge in [0.25, 0.3) is 5.91 Å². The van der Waals surface area contributed by atoms with Crippen LogP contribution in [0.15, 0.2) is 5.38 Å². The molecule has 98 valence electrons. The average Bonchev–Trinajstić information content (AvgIpc) is 3.04. The standard InChI is InChI=1S/C13H19N3OS/c14-4-3-12-15-11(7-18-12)13(17)16-10-6-8-1-2-9(10)5-8/h7-10H,1-6,14H2,(H,16,17). The Hall–Kier alpha value is -0.940. The molecule has 3 atom stereocenters. The largest absolute Gasteiger partial charge is 0.348 e. The second kappa shape index (κ2) is 4.97. The topological polar surface area (TPSA) is 68.0 Å². The third-order valence-corrected chi connectivity index (χ3v) is 5.11. The van der Waals surface area contributed by atoms with Crippen molar-refractivity contribution in [2.45, 2.75) is 38.1 Å². The summed E-state index contributed by atoms with van der Waals surface area (Å²) >= 11 is 1.52. The van der Waals surface area contributed by atoms with Crippen LogP contribution in [-0.4, -0.2) is 23.5 Å². The lowest BCUT2D eigenvalue weighted by Crippen LogP contribution is -2.38. The number of nitrogens with one attached hydrogen (secondary N) is 1. The lowest BCUT2D eigenvalue weighted by atomic mass is 9.95. The zero-order chi connectivity index (χ0) is 12.5. The lowest BCUT2D eigenvalue weighted by Gasteiger charge is -2.22. The van der Waals surface area contributed by atoms with Crippen LogP contribution in [0.2, 0.25) is 0 Å². The van der Waals surface area contributed by atoms with Crippen LogP contribution in [0, 0.1) is 11.8 Å². The monoisotopic (exact) mass is 265 g/mol. The summed E-state index contributed by atoms with van der Waals surface area (Å²) in [5.74, 6) is 1.55. The van der Waals surface area contributed by atoms with Crippen LogP contribution in [0.1, 0.15) is 41.2 Å². The number of amides is 1. The number of hydrogen-bond acceptors (Lipinski definition) is 4. The zero-order valence-electron chi connectivity index (χ0n) is 10.4. The van der Waals surface area contributed by atoms with Crippen LogP contribution in [0.3, 0.4) is 0 Å². The van der Waals surface area contributed by atoms with Crippen molar-refractivity contribution in [1.82, 2.24) is 10.3 Å². The van der Waals surface area contributed by atoms with Crippen LogP contribution >= 0.6 is 11.3 Å². The first kappa shape index (κ1) is 12.1. The molecule has 1 aromatic rings. The van der Waals surface area contributed by atoms with Gasteiger partial charge in [-0.15, -0.1) is 11.3 Å². The number of nitrogens with two attached hydrogens (primary N) is 1. The van der Waals surface area contributed by atoms with E-state index in [1.165, 1.54) is 30.6 Å². The summed E-state index contributed by atoms with van der Waals surface area (Å²) in [5.41, 5.74) is 6.05. The third-order valence-electron chi connectivity index (χ3n) is 4.20. The second-order valence-electron chi connectivity index (χ2n) is 5.42. The summed E-state index contributed by atoms with van der Waals surface area (Å²) in [5, 5.41) is 5.95. The predicted molar refractivity (Wildman–Crippen MR) is 71.6 cm³/mol. The Balaban J connectivity index is 1.60. The van der Waals surface area contributed by atoms with E-state index in [0.29, 0.717) is 24.2 Å². The molecular formula is C13H19N3OS. The molecule has 4 nitrogen and oxygen atoms in total. The minimum atomic E-state index is -0.00734. The second-order valence-corrected chi connectivity index (χ2v) is 6.36. The Morgan fingerprint density at radius 2 is 2.39 bits per heavy atom. The predicted octanol–water partition coefficient (Wildman–Crippen LogP) is 1.56. The van der Waals surface area contributed by atoms with E-state index in [1.54, 1.807) is 0 Å². The smallest absolute Gasteiger partial charge is 0.270 e. The normalized spacial score (nSPS) is 29.7. The van der Waals surface area contributed by atoms with Crippen LogP contribution < -0.4 is 11.1 Å². The Morgan fingerprint density at radius 1 is 1.50 bits per heavy atom. The van der Waals surface area contributed by atoms with Gasteiger partial charge in [-0.1, -0.05) is 6.42 Å². The van der Waals surface area contributed by atoms with Crippen molar-refractivity contribution >= 4 is 17.2 Å². The molecule has 0 saturated heterocycles. The molecule has 2 bridgehead atoms. The van der Waals surface area contributed by atoms with Crippen molar-refractivity contribution in [3.63, 3.8) is 0 Å². The van der Waals surface area contributed by atoms with Gasteiger partial charge in [0.1, 0.15) is 5.69 Å². The van der Waals surface area contributed by atoms with Gasteiger partial charge in [0.05, 0.1) is 5.01 Å². The number of nitrogens with zero attached hydrogens (tertiary/aromatic N) is 1. The van der Waals surface area contributed by atoms with Crippen LogP contribution in [0.4, 0.5) is 0 Å². The summed E-state index contributed by atoms with van der Waals surface area (Å²) in [6.07, 6.45) is 5.86. The Labute approximate surface area is 111 Å². The lowest BCUT2D eigenvalue weighted by molar-refractivity contribution is 0.0918. The molecule has 2 saturated carbocycles. The molecule has 3 N–H and O–H groups in total. The molecule has 18 heavy (non-hydrogen) atoms. The molecule has 0 aromatic carbocycles. The van der Waals surface area contributed by atoms with Gasteiger partial charge in [0.2, 0.25) is 0 Å². The van der Waals surface area contributed by atoms with E-state index < -0.39 is 0 Å². The van der Waals surface area contributed by atoms with Gasteiger partial charge < -0.3 is 11.1 Å². The molecule has 1 heterocycles. The maximum absolute atomic E-state index is 12.1. The van der Waals surface area contributed by atoms with Crippen molar-refractivity contribution in [3.8, 4) is 0 Å². The number of fused-ring (bicyclic) bond motifs is 2. The first-order valence-corrected chi connectivity index (χ1v) is 7.59. The summed E-state index contributed by atoms with van der Waals surface area (Å²) in [7, 11) is 0. The minimum Gasteiger partial charge on any atom is -0.348 e. The van der Waals surface area contributed by atoms with E-state index in [0.717, 1.165) is 23.8 Å². The van der Waals surface area contributed by atoms with Gasteiger partial charge in [-0.25, -0.2) is 4.98 Å². The zero-order valence-corrected chi connectivity index (χ0v) is 11.2. The Bertz CT molecular complexity index is 445. The first-order valence-electron chi connectivity index (χ1n) is 6.71. The van der Waals surface area contributed by atoms with Crippen molar-refractivity contribution < 1.29 is 4.79 Å². The fraction of sp³-hybridized carbons (Fsp3) is 0.692. The maximum Gasteiger partial charge on any atom is 0.270 e. The van der Waals surface area contributed by atoms with E-state index in [2.05, 4.69) is 10.3 Å². The van der Waals surface area contributed by atoms with Crippen LogP contribution in [-0.2, 0) is 6.42 Å². The summed E-state index contributed by atoms with van der Waals surface area (Å²) in [6, 6.07) is 0.385. The summed E-state index contributed by atoms with van der Waals surface area (Å²) in [6.45, 7) is 0.584. The number of aromatic nitrogens is 1. The van der Waals surface area contributed by atoms with Gasteiger partial charge >= 0.3 is 0 Å². The molecule has 5 heteroatoms. The van der Waals surface area contributed by atoms with Crippen molar-refractivity contribution in [1.29, 1.82) is 0 Å². The highest BCUT2D eigenvalue weighted by Gasteiger charge is 2.40. The van der Waals surface area contributed by atoms with Crippen molar-refractivity contribution in [2.24, 2.45) is 17.6 Å². The van der Waals surface area contributed by atoms with Gasteiger partial charge in [-0.05, 0) is 37.6 Å². The first-order chi connectivity index (χ1) is 8.76. The Morgan fingerprint density at radius 3 is 3.06 bits per heavy atom. The highest BCUT2D eigenvalue weighted by molar-refractivity contribution is 7.09. The van der Waals surface area contributed by atoms with E-state index in [9.17, 15) is 4.79 Å². The summed E-state index contributed by atoms with van der Waals surface area (Å²) < 4.78 is 0. The van der Waals surface area contributed by atoms with E-state index >= 15 is 0 Å². The molecule has 1 aromatic heterocycles. The van der Waals surface area contributed by atoms with Crippen molar-refractivity contribution in [2.75, 3.05) is 6.54 Å². The van der Waals surface area contributed by atoms with E-state index in [4.69, 9.17) is 5.73 Å². The fourth-order valence-corrected chi connectivity index (χ4v) is 4.11. The highest BCUT2D eigenvalue weighted by Crippen LogP contribution is 2.44. The molecule has 1 amide bonds. The number of thiazole rings is 1. The fourth-order valence-electron chi connectivity index (χ4n) is 3.32. The molecule has 0 spiro atoms. The van der Waals surface area contributed by atoms with E-state index in [-0.39, 0.29) is 5.91 Å². The van der Waals surface area contributed by atoms with Gasteiger partial charge in [0.15, 0.2) is 0 Å². The number of carbonyl (C=O) groups is 1. The minimum absolute atomic E-state index is 0.00734. The number of carbonyl (C=O) groups excluding carboxylic acids is 1. The van der Waals surface area contributed by atoms with Crippen LogP contribution in [0.5, 0.6) is 0 Å². The molecule has 0 radical (unpaired) electrons. The third kappa shape index (κ3) is 2.29. The van der Waals surface area contributed by atoms with Gasteiger partial charge in [-0.3, -0.25) is 4.79 Å². The summed E-state index contributed by atoms with van der Waals surface area (Å²) in [4.78, 5) is 16.4. The van der Waals surface area contributed by atoms with E-state index in [1.807, 2.05) is 5.38 Å². The molecule has 2 fully saturated rings. The quantitative estimate of drug-likeness (QED) is 0.868. The van der Waals surface area contributed by atoms with Crippen molar-refractivity contribution in [3.05, 3.63) is 16.1 Å². The highest BCUT2D eigenvalue weighted by atomic mass is 32.1. The Kier molecular flexibility index (Phi) is 3.35. The van der Waals surface area contributed by atoms with Gasteiger partial charge in [-0.2, -0.15) is 0 Å². The van der Waals surface area contributed by atoms with Crippen LogP contribution in [0.25, 0.3) is 0 Å². The molecule has 3 rings (SSSR count). The maximum atomic E-state index is 12.1. The number of rotatable bonds is 4. The molecule has 2 aliphatic rings. The molecule has 2 aliphatic carbocycles. The molecule has 0 aliphatic heterocycles. The average molecular weight is 265 g/mol. The SMILES string of the molecule is NCCc1nc(C(=O)NC2CC3CCC2C3)cs1. The molecule has 3 unspecified atom stereocenters. The number of hydrogen-bond donors (Lipinski definition) is 2. The van der Waals surface area contributed by atoms with Gasteiger partial charge in [0, 0.05) is 17.8 Å².